The molecule has 0 saturated carbocycles. The third kappa shape index (κ3) is 4.24. The van der Waals surface area contributed by atoms with E-state index in [9.17, 15) is 0 Å². The summed E-state index contributed by atoms with van der Waals surface area (Å²) in [5, 5.41) is 12.8. The Morgan fingerprint density at radius 1 is 0.354 bits per heavy atom. The molecule has 0 aliphatic heterocycles. The van der Waals surface area contributed by atoms with Crippen LogP contribution in [0.5, 0.6) is 0 Å². The monoisotopic (exact) mass is 627 g/mol. The van der Waals surface area contributed by atoms with Gasteiger partial charge >= 0.3 is 0 Å². The summed E-state index contributed by atoms with van der Waals surface area (Å²) in [6, 6.07) is 64.5. The van der Waals surface area contributed by atoms with Crippen LogP contribution < -0.4 is 4.90 Å². The summed E-state index contributed by atoms with van der Waals surface area (Å²) in [5.41, 5.74) is 5.87. The molecule has 1 heterocycles. The Morgan fingerprint density at radius 3 is 1.77 bits per heavy atom. The lowest BCUT2D eigenvalue weighted by atomic mass is 9.94. The Labute approximate surface area is 282 Å². The maximum atomic E-state index is 2.45. The van der Waals surface area contributed by atoms with Crippen molar-refractivity contribution in [3.63, 3.8) is 0 Å². The minimum atomic E-state index is 1.13. The van der Waals surface area contributed by atoms with Crippen LogP contribution in [0.3, 0.4) is 0 Å². The molecule has 0 atom stereocenters. The molecule has 10 rings (SSSR count). The molecule has 9 aromatic carbocycles. The van der Waals surface area contributed by atoms with Crippen LogP contribution in [-0.4, -0.2) is 0 Å². The van der Waals surface area contributed by atoms with E-state index in [-0.39, 0.29) is 0 Å². The second-order valence-electron chi connectivity index (χ2n) is 12.5. The van der Waals surface area contributed by atoms with E-state index < -0.39 is 0 Å². The zero-order valence-electron chi connectivity index (χ0n) is 26.1. The quantitative estimate of drug-likeness (QED) is 0.176. The van der Waals surface area contributed by atoms with Crippen molar-refractivity contribution in [2.45, 2.75) is 0 Å². The first-order valence-electron chi connectivity index (χ1n) is 16.4. The van der Waals surface area contributed by atoms with E-state index in [1.54, 1.807) is 0 Å². The summed E-state index contributed by atoms with van der Waals surface area (Å²) in [6.45, 7) is 0. The first kappa shape index (κ1) is 27.2. The van der Waals surface area contributed by atoms with Crippen LogP contribution >= 0.6 is 11.3 Å². The summed E-state index contributed by atoms with van der Waals surface area (Å²) < 4.78 is 2.65. The molecular formula is C46H29NS. The zero-order valence-corrected chi connectivity index (χ0v) is 26.9. The average Bonchev–Trinajstić information content (AvgIpc) is 3.54. The van der Waals surface area contributed by atoms with Gasteiger partial charge in [0.1, 0.15) is 0 Å². The van der Waals surface area contributed by atoms with Gasteiger partial charge < -0.3 is 4.90 Å². The summed E-state index contributed by atoms with van der Waals surface area (Å²) in [5.74, 6) is 0. The van der Waals surface area contributed by atoms with Crippen molar-refractivity contribution in [2.24, 2.45) is 0 Å². The van der Waals surface area contributed by atoms with Crippen LogP contribution in [0, 0.1) is 0 Å². The lowest BCUT2D eigenvalue weighted by Gasteiger charge is -2.28. The van der Waals surface area contributed by atoms with Gasteiger partial charge in [-0.05, 0) is 85.2 Å². The molecule has 0 bridgehead atoms. The zero-order chi connectivity index (χ0) is 31.6. The molecule has 0 N–H and O–H groups in total. The van der Waals surface area contributed by atoms with E-state index in [0.29, 0.717) is 0 Å². The van der Waals surface area contributed by atoms with Gasteiger partial charge in [0.2, 0.25) is 0 Å². The van der Waals surface area contributed by atoms with E-state index >= 15 is 0 Å². The van der Waals surface area contributed by atoms with Crippen LogP contribution in [0.2, 0.25) is 0 Å². The maximum Gasteiger partial charge on any atom is 0.0546 e. The summed E-state index contributed by atoms with van der Waals surface area (Å²) in [6.07, 6.45) is 0. The van der Waals surface area contributed by atoms with Crippen LogP contribution in [0.25, 0.3) is 74.4 Å². The normalized spacial score (nSPS) is 11.8. The minimum Gasteiger partial charge on any atom is -0.310 e. The number of benzene rings is 9. The first-order chi connectivity index (χ1) is 23.8. The van der Waals surface area contributed by atoms with Crippen LogP contribution in [-0.2, 0) is 0 Å². The van der Waals surface area contributed by atoms with Gasteiger partial charge in [0.15, 0.2) is 0 Å². The Balaban J connectivity index is 1.25. The smallest absolute Gasteiger partial charge is 0.0546 e. The van der Waals surface area contributed by atoms with Gasteiger partial charge in [0, 0.05) is 36.9 Å². The Kier molecular flexibility index (Phi) is 6.12. The molecule has 0 spiro atoms. The molecule has 0 radical (unpaired) electrons. The maximum absolute atomic E-state index is 2.45. The molecule has 10 aromatic rings. The Morgan fingerprint density at radius 2 is 0.958 bits per heavy atom. The number of hydrogen-bond donors (Lipinski definition) is 0. The molecule has 2 heteroatoms. The van der Waals surface area contributed by atoms with Gasteiger partial charge in [-0.15, -0.1) is 11.3 Å². The molecule has 0 fully saturated rings. The third-order valence-electron chi connectivity index (χ3n) is 9.80. The highest BCUT2D eigenvalue weighted by Gasteiger charge is 2.20. The molecule has 0 aliphatic rings. The fraction of sp³-hybridized carbons (Fsp3) is 0. The third-order valence-corrected chi connectivity index (χ3v) is 11.0. The van der Waals surface area contributed by atoms with Gasteiger partial charge in [0.05, 0.1) is 5.69 Å². The second-order valence-corrected chi connectivity index (χ2v) is 13.6. The number of hydrogen-bond acceptors (Lipinski definition) is 2. The summed E-state index contributed by atoms with van der Waals surface area (Å²) in [4.78, 5) is 2.45. The van der Waals surface area contributed by atoms with Crippen LogP contribution in [0.1, 0.15) is 0 Å². The fourth-order valence-corrected chi connectivity index (χ4v) is 8.75. The number of nitrogens with zero attached hydrogens (tertiary/aromatic N) is 1. The SMILES string of the molecule is c1ccc(-c2ccc(N(c3ccc4sc5c6ccccc6ccc5c4c3)c3cc4ccc5ccccc5c4c4ccccc34)cc2)cc1. The number of fused-ring (bicyclic) bond motifs is 10. The van der Waals surface area contributed by atoms with E-state index in [1.807, 2.05) is 11.3 Å². The van der Waals surface area contributed by atoms with Gasteiger partial charge in [0.25, 0.3) is 0 Å². The van der Waals surface area contributed by atoms with Crippen LogP contribution in [0.4, 0.5) is 17.1 Å². The van der Waals surface area contributed by atoms with Gasteiger partial charge in [-0.2, -0.15) is 0 Å². The number of anilines is 3. The van der Waals surface area contributed by atoms with Crippen molar-refractivity contribution in [1.82, 2.24) is 0 Å². The van der Waals surface area contributed by atoms with E-state index in [4.69, 9.17) is 0 Å². The fourth-order valence-electron chi connectivity index (χ4n) is 7.54. The van der Waals surface area contributed by atoms with Crippen molar-refractivity contribution in [2.75, 3.05) is 4.90 Å². The summed E-state index contributed by atoms with van der Waals surface area (Å²) in [7, 11) is 0. The lowest BCUT2D eigenvalue weighted by Crippen LogP contribution is -2.10. The van der Waals surface area contributed by atoms with Crippen molar-refractivity contribution >= 4 is 91.7 Å². The van der Waals surface area contributed by atoms with E-state index in [0.717, 1.165) is 11.4 Å². The molecule has 1 nitrogen and oxygen atoms in total. The molecule has 1 aromatic heterocycles. The molecule has 224 valence electrons. The molecule has 0 aliphatic carbocycles. The standard InChI is InChI=1S/C46H29NS/c1-2-10-30(11-3-1)31-20-23-35(24-21-31)47(36-25-27-44-42(29-36)41-26-22-33-13-5-7-15-38(33)46(41)48-44)43-28-34-19-18-32-12-4-6-14-37(32)45(34)40-17-9-8-16-39(40)43/h1-29H. The predicted octanol–water partition coefficient (Wildman–Crippen LogP) is 13.8. The van der Waals surface area contributed by atoms with Gasteiger partial charge in [-0.3, -0.25) is 0 Å². The minimum absolute atomic E-state index is 1.13. The Bertz CT molecular complexity index is 2830. The Hall–Kier alpha value is -5.96. The summed E-state index contributed by atoms with van der Waals surface area (Å²) >= 11 is 1.89. The van der Waals surface area contributed by atoms with Crippen molar-refractivity contribution in [3.05, 3.63) is 176 Å². The molecule has 48 heavy (non-hydrogen) atoms. The molecule has 0 saturated heterocycles. The topological polar surface area (TPSA) is 3.24 Å². The molecule has 0 amide bonds. The van der Waals surface area contributed by atoms with Crippen molar-refractivity contribution in [3.8, 4) is 11.1 Å². The number of rotatable bonds is 4. The predicted molar refractivity (Wildman–Crippen MR) is 209 cm³/mol. The van der Waals surface area contributed by atoms with Crippen molar-refractivity contribution in [1.29, 1.82) is 0 Å². The second kappa shape index (κ2) is 10.8. The van der Waals surface area contributed by atoms with E-state index in [1.165, 1.54) is 80.1 Å². The van der Waals surface area contributed by atoms with Crippen molar-refractivity contribution < 1.29 is 0 Å². The molecular weight excluding hydrogens is 599 g/mol. The largest absolute Gasteiger partial charge is 0.310 e. The first-order valence-corrected chi connectivity index (χ1v) is 17.2. The van der Waals surface area contributed by atoms with Crippen LogP contribution in [0.15, 0.2) is 176 Å². The average molecular weight is 628 g/mol. The highest BCUT2D eigenvalue weighted by Crippen LogP contribution is 2.46. The lowest BCUT2D eigenvalue weighted by molar-refractivity contribution is 1.31. The van der Waals surface area contributed by atoms with Gasteiger partial charge in [-0.25, -0.2) is 0 Å². The van der Waals surface area contributed by atoms with E-state index in [2.05, 4.69) is 181 Å². The number of thiophene rings is 1. The highest BCUT2D eigenvalue weighted by molar-refractivity contribution is 7.26. The highest BCUT2D eigenvalue weighted by atomic mass is 32.1. The van der Waals surface area contributed by atoms with Gasteiger partial charge in [-0.1, -0.05) is 140 Å². The molecule has 0 unspecified atom stereocenters.